The van der Waals surface area contributed by atoms with Gasteiger partial charge in [-0.2, -0.15) is 0 Å². The molecule has 0 heterocycles. The van der Waals surface area contributed by atoms with Crippen molar-refractivity contribution in [2.24, 2.45) is 17.3 Å². The van der Waals surface area contributed by atoms with Gasteiger partial charge in [-0.25, -0.2) is 0 Å². The Hall–Kier alpha value is -1.70. The molecule has 3 rings (SSSR count). The van der Waals surface area contributed by atoms with Gasteiger partial charge in [0.1, 0.15) is 5.78 Å². The Morgan fingerprint density at radius 1 is 1.10 bits per heavy atom. The van der Waals surface area contributed by atoms with Crippen LogP contribution in [0.5, 0.6) is 0 Å². The predicted molar refractivity (Wildman–Crippen MR) is 78.3 cm³/mol. The average Bonchev–Trinajstić information content (AvgIpc) is 2.36. The van der Waals surface area contributed by atoms with Crippen molar-refractivity contribution in [3.8, 4) is 0 Å². The van der Waals surface area contributed by atoms with E-state index in [0.29, 0.717) is 6.42 Å². The Bertz CT molecular complexity index is 595. The number of ketones is 2. The lowest BCUT2D eigenvalue weighted by Gasteiger charge is -2.50. The molecule has 0 amide bonds. The fourth-order valence-corrected chi connectivity index (χ4v) is 4.38. The lowest BCUT2D eigenvalue weighted by atomic mass is 9.51. The van der Waals surface area contributed by atoms with E-state index in [0.717, 1.165) is 11.1 Å². The highest BCUT2D eigenvalue weighted by molar-refractivity contribution is 6.01. The second kappa shape index (κ2) is 4.41. The van der Waals surface area contributed by atoms with Crippen LogP contribution in [0.1, 0.15) is 38.7 Å². The first kappa shape index (κ1) is 13.3. The summed E-state index contributed by atoms with van der Waals surface area (Å²) >= 11 is 0. The van der Waals surface area contributed by atoms with Gasteiger partial charge in [-0.05, 0) is 24.0 Å². The smallest absolute Gasteiger partial charge is 0.159 e. The molecule has 3 atom stereocenters. The molecule has 2 nitrogen and oxygen atoms in total. The summed E-state index contributed by atoms with van der Waals surface area (Å²) in [7, 11) is 0. The van der Waals surface area contributed by atoms with E-state index in [9.17, 15) is 9.59 Å². The first-order chi connectivity index (χ1) is 9.43. The summed E-state index contributed by atoms with van der Waals surface area (Å²) in [5.41, 5.74) is 1.76. The second-order valence-electron chi connectivity index (χ2n) is 6.71. The molecule has 1 aromatic rings. The van der Waals surface area contributed by atoms with Crippen molar-refractivity contribution < 1.29 is 9.59 Å². The lowest BCUT2D eigenvalue weighted by molar-refractivity contribution is -0.138. The third kappa shape index (κ3) is 1.78. The van der Waals surface area contributed by atoms with Gasteiger partial charge in [-0.3, -0.25) is 9.59 Å². The standard InChI is InChI=1S/C18H20O2/c1-11-9-14(19)17-13(12-7-5-4-6-8-12)10-15(20)16(11)18(17,2)3/h4-9,13,16-17H,10H2,1-3H3/t13-,16-,17+/m1/s1. The zero-order valence-corrected chi connectivity index (χ0v) is 12.2. The Labute approximate surface area is 119 Å². The maximum absolute atomic E-state index is 12.6. The summed E-state index contributed by atoms with van der Waals surface area (Å²) in [5, 5.41) is 0. The van der Waals surface area contributed by atoms with E-state index < -0.39 is 0 Å². The van der Waals surface area contributed by atoms with E-state index in [4.69, 9.17) is 0 Å². The molecule has 0 saturated heterocycles. The molecule has 0 aromatic heterocycles. The van der Waals surface area contributed by atoms with E-state index in [-0.39, 0.29) is 34.7 Å². The molecule has 2 aliphatic carbocycles. The van der Waals surface area contributed by atoms with Gasteiger partial charge in [0.15, 0.2) is 5.78 Å². The topological polar surface area (TPSA) is 34.1 Å². The van der Waals surface area contributed by atoms with Crippen molar-refractivity contribution in [3.05, 3.63) is 47.5 Å². The fourth-order valence-electron chi connectivity index (χ4n) is 4.38. The number of fused-ring (bicyclic) bond motifs is 2. The van der Waals surface area contributed by atoms with Crippen LogP contribution in [-0.4, -0.2) is 11.6 Å². The van der Waals surface area contributed by atoms with E-state index in [1.54, 1.807) is 6.08 Å². The molecule has 2 aliphatic rings. The van der Waals surface area contributed by atoms with Gasteiger partial charge in [0, 0.05) is 24.2 Å². The highest BCUT2D eigenvalue weighted by atomic mass is 16.1. The van der Waals surface area contributed by atoms with Crippen molar-refractivity contribution in [2.75, 3.05) is 0 Å². The first-order valence-corrected chi connectivity index (χ1v) is 7.22. The molecule has 0 spiro atoms. The number of rotatable bonds is 1. The van der Waals surface area contributed by atoms with Crippen LogP contribution in [-0.2, 0) is 9.59 Å². The van der Waals surface area contributed by atoms with Gasteiger partial charge in [0.2, 0.25) is 0 Å². The molecule has 20 heavy (non-hydrogen) atoms. The minimum atomic E-state index is -0.286. The molecule has 104 valence electrons. The largest absolute Gasteiger partial charge is 0.299 e. The fraction of sp³-hybridized carbons (Fsp3) is 0.444. The summed E-state index contributed by atoms with van der Waals surface area (Å²) in [4.78, 5) is 25.1. The Balaban J connectivity index is 2.13. The van der Waals surface area contributed by atoms with Crippen molar-refractivity contribution in [2.45, 2.75) is 33.1 Å². The molecule has 2 bridgehead atoms. The molecule has 2 heteroatoms. The summed E-state index contributed by atoms with van der Waals surface area (Å²) in [5.74, 6) is 0.305. The average molecular weight is 268 g/mol. The summed E-state index contributed by atoms with van der Waals surface area (Å²) in [6, 6.07) is 10.00. The maximum Gasteiger partial charge on any atom is 0.159 e. The molecule has 1 saturated carbocycles. The minimum Gasteiger partial charge on any atom is -0.299 e. The Kier molecular flexibility index (Phi) is 2.93. The van der Waals surface area contributed by atoms with Gasteiger partial charge in [-0.15, -0.1) is 0 Å². The van der Waals surface area contributed by atoms with E-state index in [1.807, 2.05) is 37.3 Å². The number of carbonyl (C=O) groups is 2. The van der Waals surface area contributed by atoms with Crippen LogP contribution in [0.4, 0.5) is 0 Å². The van der Waals surface area contributed by atoms with Crippen LogP contribution >= 0.6 is 0 Å². The number of hydrogen-bond acceptors (Lipinski definition) is 2. The molecule has 0 aliphatic heterocycles. The van der Waals surface area contributed by atoms with Crippen molar-refractivity contribution in [1.82, 2.24) is 0 Å². The van der Waals surface area contributed by atoms with E-state index in [2.05, 4.69) is 13.8 Å². The predicted octanol–water partition coefficient (Wildman–Crippen LogP) is 3.53. The van der Waals surface area contributed by atoms with Gasteiger partial charge in [0.05, 0.1) is 0 Å². The van der Waals surface area contributed by atoms with Crippen LogP contribution in [0.25, 0.3) is 0 Å². The summed E-state index contributed by atoms with van der Waals surface area (Å²) in [6.07, 6.45) is 2.19. The molecular weight excluding hydrogens is 248 g/mol. The van der Waals surface area contributed by atoms with Crippen molar-refractivity contribution in [3.63, 3.8) is 0 Å². The quantitative estimate of drug-likeness (QED) is 0.780. The highest BCUT2D eigenvalue weighted by Gasteiger charge is 2.55. The molecule has 1 aromatic carbocycles. The van der Waals surface area contributed by atoms with Crippen LogP contribution in [0, 0.1) is 17.3 Å². The number of Topliss-reactive ketones (excluding diaryl/α,β-unsaturated/α-hetero) is 1. The highest BCUT2D eigenvalue weighted by Crippen LogP contribution is 2.55. The van der Waals surface area contributed by atoms with E-state index in [1.165, 1.54) is 0 Å². The van der Waals surface area contributed by atoms with Crippen LogP contribution < -0.4 is 0 Å². The molecule has 0 N–H and O–H groups in total. The zero-order chi connectivity index (χ0) is 14.5. The van der Waals surface area contributed by atoms with Gasteiger partial charge >= 0.3 is 0 Å². The number of benzene rings is 1. The molecule has 1 fully saturated rings. The molecule has 0 unspecified atom stereocenters. The monoisotopic (exact) mass is 268 g/mol. The van der Waals surface area contributed by atoms with Gasteiger partial charge < -0.3 is 0 Å². The number of hydrogen-bond donors (Lipinski definition) is 0. The van der Waals surface area contributed by atoms with Crippen LogP contribution in [0.15, 0.2) is 42.0 Å². The third-order valence-corrected chi connectivity index (χ3v) is 5.05. The Morgan fingerprint density at radius 3 is 2.40 bits per heavy atom. The minimum absolute atomic E-state index is 0.0202. The maximum atomic E-state index is 12.6. The SMILES string of the molecule is CC1=CC(=O)[C@@H]2[C@@H](c3ccccc3)CC(=O)[C@@H]1C2(C)C. The van der Waals surface area contributed by atoms with Crippen molar-refractivity contribution in [1.29, 1.82) is 0 Å². The second-order valence-corrected chi connectivity index (χ2v) is 6.71. The summed E-state index contributed by atoms with van der Waals surface area (Å²) < 4.78 is 0. The lowest BCUT2D eigenvalue weighted by Crippen LogP contribution is -2.51. The van der Waals surface area contributed by atoms with Gasteiger partial charge in [-0.1, -0.05) is 49.8 Å². The van der Waals surface area contributed by atoms with Crippen LogP contribution in [0.3, 0.4) is 0 Å². The number of allylic oxidation sites excluding steroid dienone is 2. The third-order valence-electron chi connectivity index (χ3n) is 5.05. The van der Waals surface area contributed by atoms with Crippen molar-refractivity contribution >= 4 is 11.6 Å². The van der Waals surface area contributed by atoms with Gasteiger partial charge in [0.25, 0.3) is 0 Å². The van der Waals surface area contributed by atoms with Crippen LogP contribution in [0.2, 0.25) is 0 Å². The zero-order valence-electron chi connectivity index (χ0n) is 12.2. The normalized spacial score (nSPS) is 31.9. The molecule has 0 radical (unpaired) electrons. The first-order valence-electron chi connectivity index (χ1n) is 7.22. The van der Waals surface area contributed by atoms with E-state index >= 15 is 0 Å². The number of carbonyl (C=O) groups excluding carboxylic acids is 2. The summed E-state index contributed by atoms with van der Waals surface area (Å²) in [6.45, 7) is 6.06. The molecular formula is C18H20O2. The Morgan fingerprint density at radius 2 is 1.75 bits per heavy atom.